The van der Waals surface area contributed by atoms with Gasteiger partial charge in [-0.05, 0) is 77.9 Å². The molecule has 0 heterocycles. The van der Waals surface area contributed by atoms with Gasteiger partial charge in [0.1, 0.15) is 23.4 Å². The van der Waals surface area contributed by atoms with Crippen LogP contribution in [0, 0.1) is 5.82 Å². The standard InChI is InChI=1S/C37H33ClFN3O6S/c1-47-34-10-6-5-9-28(34)23-40-37(44)36(27-7-3-2-4-8-27)42(24-26-11-13-29(38)14-12-26)35(43)25-48-32-19-21-33(22-20-32)49(45,46)41-31-17-15-30(39)16-18-31/h2-22,36,41H,23-25H2,1H3,(H,40,44)/t36-/m0/s1. The molecule has 0 spiro atoms. The number of hydrogen-bond acceptors (Lipinski definition) is 6. The van der Waals surface area contributed by atoms with E-state index in [9.17, 15) is 22.4 Å². The SMILES string of the molecule is COc1ccccc1CNC(=O)[C@H](c1ccccc1)N(Cc1ccc(Cl)cc1)C(=O)COc1ccc(S(=O)(=O)Nc2ccc(F)cc2)cc1. The van der Waals surface area contributed by atoms with Gasteiger partial charge in [-0.1, -0.05) is 72.3 Å². The van der Waals surface area contributed by atoms with Crippen molar-refractivity contribution in [3.8, 4) is 11.5 Å². The van der Waals surface area contributed by atoms with E-state index in [4.69, 9.17) is 21.1 Å². The molecule has 0 saturated carbocycles. The Balaban J connectivity index is 1.36. The summed E-state index contributed by atoms with van der Waals surface area (Å²) < 4.78 is 52.6. The summed E-state index contributed by atoms with van der Waals surface area (Å²) >= 11 is 6.12. The Morgan fingerprint density at radius 1 is 0.837 bits per heavy atom. The number of nitrogens with one attached hydrogen (secondary N) is 2. The number of carbonyl (C=O) groups is 2. The number of nitrogens with zero attached hydrogens (tertiary/aromatic N) is 1. The summed E-state index contributed by atoms with van der Waals surface area (Å²) in [6.07, 6.45) is 0. The van der Waals surface area contributed by atoms with E-state index in [1.807, 2.05) is 24.3 Å². The second kappa shape index (κ2) is 16.1. The Hall–Kier alpha value is -5.39. The lowest BCUT2D eigenvalue weighted by molar-refractivity contribution is -0.143. The number of halogens is 2. The second-order valence-electron chi connectivity index (χ2n) is 10.9. The highest BCUT2D eigenvalue weighted by atomic mass is 35.5. The van der Waals surface area contributed by atoms with Gasteiger partial charge in [0.05, 0.1) is 12.0 Å². The van der Waals surface area contributed by atoms with Crippen LogP contribution in [0.25, 0.3) is 0 Å². The van der Waals surface area contributed by atoms with E-state index < -0.39 is 40.3 Å². The summed E-state index contributed by atoms with van der Waals surface area (Å²) in [6.45, 7) is -0.221. The Bertz CT molecular complexity index is 1980. The van der Waals surface area contributed by atoms with E-state index in [1.54, 1.807) is 61.7 Å². The van der Waals surface area contributed by atoms with E-state index in [0.29, 0.717) is 16.3 Å². The van der Waals surface area contributed by atoms with Crippen molar-refractivity contribution in [1.29, 1.82) is 0 Å². The Morgan fingerprint density at radius 3 is 2.16 bits per heavy atom. The number of methoxy groups -OCH3 is 1. The molecule has 0 fully saturated rings. The predicted octanol–water partition coefficient (Wildman–Crippen LogP) is 6.75. The summed E-state index contributed by atoms with van der Waals surface area (Å²) in [5.41, 5.74) is 2.29. The van der Waals surface area contributed by atoms with Gasteiger partial charge in [-0.15, -0.1) is 0 Å². The van der Waals surface area contributed by atoms with Gasteiger partial charge in [-0.2, -0.15) is 0 Å². The van der Waals surface area contributed by atoms with Crippen LogP contribution < -0.4 is 19.5 Å². The van der Waals surface area contributed by atoms with Crippen LogP contribution in [0.4, 0.5) is 10.1 Å². The van der Waals surface area contributed by atoms with Gasteiger partial charge in [0.25, 0.3) is 15.9 Å². The first-order chi connectivity index (χ1) is 23.6. The zero-order valence-electron chi connectivity index (χ0n) is 26.4. The summed E-state index contributed by atoms with van der Waals surface area (Å²) in [6, 6.07) is 32.6. The molecule has 5 rings (SSSR count). The average Bonchev–Trinajstić information content (AvgIpc) is 3.12. The lowest BCUT2D eigenvalue weighted by atomic mass is 10.0. The first-order valence-electron chi connectivity index (χ1n) is 15.1. The third-order valence-electron chi connectivity index (χ3n) is 7.50. The van der Waals surface area contributed by atoms with Crippen LogP contribution in [0.5, 0.6) is 11.5 Å². The first-order valence-corrected chi connectivity index (χ1v) is 17.0. The molecule has 252 valence electrons. The smallest absolute Gasteiger partial charge is 0.261 e. The van der Waals surface area contributed by atoms with Crippen LogP contribution in [-0.2, 0) is 32.7 Å². The Morgan fingerprint density at radius 2 is 1.49 bits per heavy atom. The third-order valence-corrected chi connectivity index (χ3v) is 9.15. The molecule has 5 aromatic rings. The van der Waals surface area contributed by atoms with Crippen molar-refractivity contribution in [1.82, 2.24) is 10.2 Å². The summed E-state index contributed by atoms with van der Waals surface area (Å²) in [7, 11) is -2.42. The molecule has 49 heavy (non-hydrogen) atoms. The molecule has 0 aromatic heterocycles. The molecule has 0 saturated heterocycles. The highest BCUT2D eigenvalue weighted by molar-refractivity contribution is 7.92. The van der Waals surface area contributed by atoms with Crippen LogP contribution in [0.1, 0.15) is 22.7 Å². The van der Waals surface area contributed by atoms with Crippen LogP contribution in [0.2, 0.25) is 5.02 Å². The van der Waals surface area contributed by atoms with Crippen LogP contribution in [0.3, 0.4) is 0 Å². The van der Waals surface area contributed by atoms with E-state index >= 15 is 0 Å². The van der Waals surface area contributed by atoms with Crippen molar-refractivity contribution in [3.05, 3.63) is 155 Å². The van der Waals surface area contributed by atoms with Crippen LogP contribution in [-0.4, -0.2) is 38.8 Å². The van der Waals surface area contributed by atoms with Gasteiger partial charge in [0.2, 0.25) is 5.91 Å². The van der Waals surface area contributed by atoms with Crippen molar-refractivity contribution >= 4 is 39.1 Å². The molecule has 12 heteroatoms. The highest BCUT2D eigenvalue weighted by Gasteiger charge is 2.32. The Labute approximate surface area is 289 Å². The maximum absolute atomic E-state index is 14.0. The molecule has 5 aromatic carbocycles. The normalized spacial score (nSPS) is 11.7. The van der Waals surface area contributed by atoms with Crippen molar-refractivity contribution in [3.63, 3.8) is 0 Å². The van der Waals surface area contributed by atoms with Crippen LogP contribution in [0.15, 0.2) is 132 Å². The minimum atomic E-state index is -3.97. The van der Waals surface area contributed by atoms with Gasteiger partial charge in [-0.3, -0.25) is 14.3 Å². The third kappa shape index (κ3) is 9.37. The number of anilines is 1. The number of para-hydroxylation sites is 1. The maximum atomic E-state index is 14.0. The van der Waals surface area contributed by atoms with Gasteiger partial charge in [0, 0.05) is 29.4 Å². The average molecular weight is 702 g/mol. The molecule has 2 amide bonds. The fourth-order valence-corrected chi connectivity index (χ4v) is 6.21. The zero-order valence-corrected chi connectivity index (χ0v) is 28.0. The number of rotatable bonds is 14. The molecule has 0 aliphatic rings. The second-order valence-corrected chi connectivity index (χ2v) is 13.0. The van der Waals surface area contributed by atoms with Gasteiger partial charge >= 0.3 is 0 Å². The largest absolute Gasteiger partial charge is 0.496 e. The predicted molar refractivity (Wildman–Crippen MR) is 185 cm³/mol. The number of ether oxygens (including phenoxy) is 2. The van der Waals surface area contributed by atoms with Gasteiger partial charge < -0.3 is 19.7 Å². The molecule has 0 unspecified atom stereocenters. The molecule has 0 aliphatic carbocycles. The molecule has 2 N–H and O–H groups in total. The van der Waals surface area contributed by atoms with Crippen molar-refractivity contribution < 1.29 is 31.9 Å². The summed E-state index contributed by atoms with van der Waals surface area (Å²) in [5, 5.41) is 3.49. The topological polar surface area (TPSA) is 114 Å². The summed E-state index contributed by atoms with van der Waals surface area (Å²) in [4.78, 5) is 29.3. The molecular formula is C37H33ClFN3O6S. The number of benzene rings is 5. The maximum Gasteiger partial charge on any atom is 0.261 e. The Kier molecular flexibility index (Phi) is 11.5. The van der Waals surface area contributed by atoms with Crippen molar-refractivity contribution in [2.24, 2.45) is 0 Å². The molecule has 1 atom stereocenters. The van der Waals surface area contributed by atoms with Crippen molar-refractivity contribution in [2.75, 3.05) is 18.4 Å². The monoisotopic (exact) mass is 701 g/mol. The van der Waals surface area contributed by atoms with Crippen LogP contribution >= 0.6 is 11.6 Å². The fraction of sp³-hybridized carbons (Fsp3) is 0.135. The number of amides is 2. The number of carbonyl (C=O) groups excluding carboxylic acids is 2. The fourth-order valence-electron chi connectivity index (χ4n) is 5.02. The van der Waals surface area contributed by atoms with Crippen molar-refractivity contribution in [2.45, 2.75) is 24.0 Å². The first kappa shape index (κ1) is 34.9. The lowest BCUT2D eigenvalue weighted by Crippen LogP contribution is -2.45. The van der Waals surface area contributed by atoms with Gasteiger partial charge in [0.15, 0.2) is 6.61 Å². The number of sulfonamides is 1. The molecule has 0 aliphatic heterocycles. The van der Waals surface area contributed by atoms with E-state index in [-0.39, 0.29) is 29.4 Å². The van der Waals surface area contributed by atoms with Gasteiger partial charge in [-0.25, -0.2) is 12.8 Å². The summed E-state index contributed by atoms with van der Waals surface area (Å²) in [5.74, 6) is -0.549. The zero-order chi connectivity index (χ0) is 34.8. The molecule has 0 bridgehead atoms. The lowest BCUT2D eigenvalue weighted by Gasteiger charge is -2.31. The van der Waals surface area contributed by atoms with E-state index in [0.717, 1.165) is 23.3 Å². The van der Waals surface area contributed by atoms with E-state index in [1.165, 1.54) is 41.3 Å². The minimum Gasteiger partial charge on any atom is -0.496 e. The molecule has 0 radical (unpaired) electrons. The minimum absolute atomic E-state index is 0.0595. The quantitative estimate of drug-likeness (QED) is 0.132. The number of hydrogen-bond donors (Lipinski definition) is 2. The van der Waals surface area contributed by atoms with E-state index in [2.05, 4.69) is 10.0 Å². The molecule has 9 nitrogen and oxygen atoms in total. The highest BCUT2D eigenvalue weighted by Crippen LogP contribution is 2.26. The molecular weight excluding hydrogens is 669 g/mol.